The van der Waals surface area contributed by atoms with Crippen LogP contribution in [0.5, 0.6) is 0 Å². The highest BCUT2D eigenvalue weighted by molar-refractivity contribution is 6.54. The Morgan fingerprint density at radius 3 is 2.38 bits per heavy atom. The standard InChI is InChI=1S/C26H20N2O/c1-18-13-15-21(16-14-18)27-25-23-11-4-5-12-24(23)28(26(25)29)17-20-9-6-8-19-7-2-3-10-22(19)20/h2-16H,17H2,1H3. The zero-order valence-electron chi connectivity index (χ0n) is 16.2. The summed E-state index contributed by atoms with van der Waals surface area (Å²) in [5.74, 6) is -0.0558. The van der Waals surface area contributed by atoms with E-state index in [9.17, 15) is 4.79 Å². The molecule has 1 aliphatic heterocycles. The maximum Gasteiger partial charge on any atom is 0.277 e. The third kappa shape index (κ3) is 3.11. The molecule has 5 rings (SSSR count). The number of nitrogens with zero attached hydrogens (tertiary/aromatic N) is 2. The first-order valence-corrected chi connectivity index (χ1v) is 9.74. The van der Waals surface area contributed by atoms with Crippen molar-refractivity contribution in [3.8, 4) is 0 Å². The van der Waals surface area contributed by atoms with E-state index < -0.39 is 0 Å². The smallest absolute Gasteiger partial charge is 0.277 e. The van der Waals surface area contributed by atoms with Gasteiger partial charge in [-0.3, -0.25) is 4.79 Å². The van der Waals surface area contributed by atoms with E-state index in [0.717, 1.165) is 22.5 Å². The largest absolute Gasteiger partial charge is 0.302 e. The molecule has 4 aromatic rings. The Morgan fingerprint density at radius 2 is 1.52 bits per heavy atom. The molecular weight excluding hydrogens is 356 g/mol. The number of aliphatic imine (C=N–C) groups is 1. The van der Waals surface area contributed by atoms with E-state index in [1.807, 2.05) is 78.6 Å². The number of rotatable bonds is 3. The molecule has 0 saturated heterocycles. The fourth-order valence-corrected chi connectivity index (χ4v) is 3.88. The monoisotopic (exact) mass is 376 g/mol. The molecule has 29 heavy (non-hydrogen) atoms. The number of hydrogen-bond acceptors (Lipinski definition) is 2. The zero-order chi connectivity index (χ0) is 19.8. The molecule has 1 amide bonds. The van der Waals surface area contributed by atoms with Gasteiger partial charge < -0.3 is 4.90 Å². The van der Waals surface area contributed by atoms with Crippen molar-refractivity contribution in [2.24, 2.45) is 4.99 Å². The van der Waals surface area contributed by atoms with Gasteiger partial charge in [0.2, 0.25) is 0 Å². The first-order chi connectivity index (χ1) is 14.2. The topological polar surface area (TPSA) is 32.7 Å². The van der Waals surface area contributed by atoms with Crippen LogP contribution in [-0.4, -0.2) is 11.6 Å². The second kappa shape index (κ2) is 7.02. The quantitative estimate of drug-likeness (QED) is 0.444. The van der Waals surface area contributed by atoms with Crippen LogP contribution >= 0.6 is 0 Å². The van der Waals surface area contributed by atoms with Crippen molar-refractivity contribution in [2.45, 2.75) is 13.5 Å². The molecule has 0 aliphatic carbocycles. The number of benzene rings is 4. The molecule has 0 radical (unpaired) electrons. The van der Waals surface area contributed by atoms with Crippen molar-refractivity contribution in [3.05, 3.63) is 108 Å². The van der Waals surface area contributed by atoms with Gasteiger partial charge in [-0.25, -0.2) is 4.99 Å². The van der Waals surface area contributed by atoms with E-state index in [1.54, 1.807) is 0 Å². The third-order valence-corrected chi connectivity index (χ3v) is 5.38. The Labute approximate surface area is 169 Å². The Balaban J connectivity index is 1.58. The second-order valence-corrected chi connectivity index (χ2v) is 7.34. The predicted octanol–water partition coefficient (Wildman–Crippen LogP) is 5.82. The Kier molecular flexibility index (Phi) is 4.21. The number of fused-ring (bicyclic) bond motifs is 2. The summed E-state index contributed by atoms with van der Waals surface area (Å²) < 4.78 is 0. The molecule has 0 N–H and O–H groups in total. The minimum absolute atomic E-state index is 0.0558. The van der Waals surface area contributed by atoms with Crippen LogP contribution in [0.15, 0.2) is 96.0 Å². The summed E-state index contributed by atoms with van der Waals surface area (Å²) in [5.41, 5.74) is 5.40. The fourth-order valence-electron chi connectivity index (χ4n) is 3.88. The fraction of sp³-hybridized carbons (Fsp3) is 0.0769. The van der Waals surface area contributed by atoms with Crippen LogP contribution in [0.1, 0.15) is 16.7 Å². The third-order valence-electron chi connectivity index (χ3n) is 5.38. The lowest BCUT2D eigenvalue weighted by Gasteiger charge is -2.18. The van der Waals surface area contributed by atoms with Gasteiger partial charge in [-0.1, -0.05) is 78.4 Å². The lowest BCUT2D eigenvalue weighted by molar-refractivity contribution is -0.112. The van der Waals surface area contributed by atoms with E-state index in [2.05, 4.69) is 24.3 Å². The Morgan fingerprint density at radius 1 is 0.793 bits per heavy atom. The van der Waals surface area contributed by atoms with Crippen molar-refractivity contribution in [1.29, 1.82) is 0 Å². The normalized spacial score (nSPS) is 14.6. The summed E-state index contributed by atoms with van der Waals surface area (Å²) in [6.45, 7) is 2.56. The lowest BCUT2D eigenvalue weighted by atomic mass is 10.0. The highest BCUT2D eigenvalue weighted by atomic mass is 16.2. The van der Waals surface area contributed by atoms with Gasteiger partial charge in [-0.05, 0) is 41.5 Å². The van der Waals surface area contributed by atoms with Gasteiger partial charge in [-0.2, -0.15) is 0 Å². The van der Waals surface area contributed by atoms with E-state index in [1.165, 1.54) is 16.3 Å². The highest BCUT2D eigenvalue weighted by Gasteiger charge is 2.33. The summed E-state index contributed by atoms with van der Waals surface area (Å²) in [6.07, 6.45) is 0. The van der Waals surface area contributed by atoms with Crippen LogP contribution in [0, 0.1) is 6.92 Å². The summed E-state index contributed by atoms with van der Waals surface area (Å²) >= 11 is 0. The average molecular weight is 376 g/mol. The van der Waals surface area contributed by atoms with Gasteiger partial charge in [0, 0.05) is 5.56 Å². The van der Waals surface area contributed by atoms with Gasteiger partial charge in [-0.15, -0.1) is 0 Å². The highest BCUT2D eigenvalue weighted by Crippen LogP contribution is 2.33. The SMILES string of the molecule is Cc1ccc(N=C2C(=O)N(Cc3cccc4ccccc34)c3ccccc32)cc1. The van der Waals surface area contributed by atoms with E-state index >= 15 is 0 Å². The maximum atomic E-state index is 13.4. The minimum Gasteiger partial charge on any atom is -0.302 e. The first kappa shape index (κ1) is 17.4. The molecule has 0 aromatic heterocycles. The molecule has 140 valence electrons. The van der Waals surface area contributed by atoms with Crippen LogP contribution in [-0.2, 0) is 11.3 Å². The molecule has 0 bridgehead atoms. The molecule has 3 heteroatoms. The predicted molar refractivity (Wildman–Crippen MR) is 119 cm³/mol. The van der Waals surface area contributed by atoms with Crippen LogP contribution in [0.2, 0.25) is 0 Å². The van der Waals surface area contributed by atoms with Crippen LogP contribution in [0.4, 0.5) is 11.4 Å². The van der Waals surface area contributed by atoms with Gasteiger partial charge in [0.15, 0.2) is 0 Å². The summed E-state index contributed by atoms with van der Waals surface area (Å²) in [5, 5.41) is 2.35. The van der Waals surface area contributed by atoms with Crippen molar-refractivity contribution >= 4 is 33.8 Å². The number of aryl methyl sites for hydroxylation is 1. The van der Waals surface area contributed by atoms with Gasteiger partial charge in [0.25, 0.3) is 5.91 Å². The maximum absolute atomic E-state index is 13.4. The Hall–Kier alpha value is -3.72. The Bertz CT molecular complexity index is 1250. The van der Waals surface area contributed by atoms with Crippen LogP contribution in [0.25, 0.3) is 10.8 Å². The number of hydrogen-bond donors (Lipinski definition) is 0. The number of carbonyl (C=O) groups excluding carboxylic acids is 1. The number of carbonyl (C=O) groups is 1. The van der Waals surface area contributed by atoms with Crippen molar-refractivity contribution in [3.63, 3.8) is 0 Å². The zero-order valence-corrected chi connectivity index (χ0v) is 16.2. The molecule has 0 saturated carbocycles. The van der Waals surface area contributed by atoms with E-state index in [-0.39, 0.29) is 5.91 Å². The molecule has 4 aromatic carbocycles. The van der Waals surface area contributed by atoms with Crippen molar-refractivity contribution in [1.82, 2.24) is 0 Å². The number of amides is 1. The van der Waals surface area contributed by atoms with E-state index in [4.69, 9.17) is 4.99 Å². The molecular formula is C26H20N2O. The summed E-state index contributed by atoms with van der Waals surface area (Å²) in [7, 11) is 0. The van der Waals surface area contributed by atoms with Gasteiger partial charge in [0.05, 0.1) is 17.9 Å². The molecule has 1 aliphatic rings. The summed E-state index contributed by atoms with van der Waals surface area (Å²) in [6, 6.07) is 30.3. The number of anilines is 1. The summed E-state index contributed by atoms with van der Waals surface area (Å²) in [4.78, 5) is 19.9. The minimum atomic E-state index is -0.0558. The van der Waals surface area contributed by atoms with Crippen molar-refractivity contribution < 1.29 is 4.79 Å². The molecule has 0 spiro atoms. The first-order valence-electron chi connectivity index (χ1n) is 9.74. The van der Waals surface area contributed by atoms with E-state index in [0.29, 0.717) is 12.3 Å². The molecule has 1 heterocycles. The molecule has 0 fully saturated rings. The van der Waals surface area contributed by atoms with Gasteiger partial charge >= 0.3 is 0 Å². The number of para-hydroxylation sites is 1. The lowest BCUT2D eigenvalue weighted by Crippen LogP contribution is -2.29. The molecule has 0 atom stereocenters. The molecule has 3 nitrogen and oxygen atoms in total. The average Bonchev–Trinajstić information content (AvgIpc) is 3.01. The molecule has 0 unspecified atom stereocenters. The van der Waals surface area contributed by atoms with Crippen LogP contribution < -0.4 is 4.90 Å². The van der Waals surface area contributed by atoms with Gasteiger partial charge in [0.1, 0.15) is 5.71 Å². The van der Waals surface area contributed by atoms with Crippen LogP contribution in [0.3, 0.4) is 0 Å². The van der Waals surface area contributed by atoms with Crippen molar-refractivity contribution in [2.75, 3.05) is 4.90 Å². The second-order valence-electron chi connectivity index (χ2n) is 7.34.